The van der Waals surface area contributed by atoms with Gasteiger partial charge >= 0.3 is 0 Å². The van der Waals surface area contributed by atoms with Gasteiger partial charge in [-0.05, 0) is 46.6 Å². The van der Waals surface area contributed by atoms with E-state index < -0.39 is 0 Å². The van der Waals surface area contributed by atoms with Crippen LogP contribution in [0.5, 0.6) is 0 Å². The summed E-state index contributed by atoms with van der Waals surface area (Å²) in [5.74, 6) is 1.30. The molecule has 0 atom stereocenters. The Morgan fingerprint density at radius 1 is 1.35 bits per heavy atom. The number of rotatable bonds is 5. The van der Waals surface area contributed by atoms with Crippen LogP contribution in [0.1, 0.15) is 18.9 Å². The summed E-state index contributed by atoms with van der Waals surface area (Å²) in [6, 6.07) is 9.25. The first kappa shape index (κ1) is 14.3. The monoisotopic (exact) mass is 331 g/mol. The Kier molecular flexibility index (Phi) is 4.91. The van der Waals surface area contributed by atoms with Crippen molar-refractivity contribution in [3.63, 3.8) is 0 Å². The highest BCUT2D eigenvalue weighted by Gasteiger charge is 2.04. The quantitative estimate of drug-likeness (QED) is 0.874. The van der Waals surface area contributed by atoms with Crippen LogP contribution in [0.2, 0.25) is 0 Å². The lowest BCUT2D eigenvalue weighted by atomic mass is 10.2. The largest absolute Gasteiger partial charge is 0.354 e. The molecule has 0 unspecified atom stereocenters. The zero-order valence-electron chi connectivity index (χ0n) is 11.0. The molecule has 2 aromatic rings. The van der Waals surface area contributed by atoms with Gasteiger partial charge in [0.15, 0.2) is 0 Å². The Hall–Kier alpha value is -2.13. The molecule has 0 aliphatic carbocycles. The SMILES string of the molecule is CCCNc1nccc(Nc2ccc(C#N)cc2Br)n1. The predicted octanol–water partition coefficient (Wildman–Crippen LogP) is 3.68. The van der Waals surface area contributed by atoms with Gasteiger partial charge in [0.05, 0.1) is 17.3 Å². The predicted molar refractivity (Wildman–Crippen MR) is 83.0 cm³/mol. The Balaban J connectivity index is 2.15. The van der Waals surface area contributed by atoms with Crippen molar-refractivity contribution in [3.8, 4) is 6.07 Å². The van der Waals surface area contributed by atoms with E-state index in [-0.39, 0.29) is 0 Å². The zero-order valence-corrected chi connectivity index (χ0v) is 12.6. The van der Waals surface area contributed by atoms with Crippen molar-refractivity contribution in [2.24, 2.45) is 0 Å². The highest BCUT2D eigenvalue weighted by molar-refractivity contribution is 9.10. The summed E-state index contributed by atoms with van der Waals surface area (Å²) in [6.45, 7) is 2.92. The Morgan fingerprint density at radius 3 is 2.90 bits per heavy atom. The number of nitrogens with one attached hydrogen (secondary N) is 2. The van der Waals surface area contributed by atoms with E-state index in [0.717, 1.165) is 23.1 Å². The van der Waals surface area contributed by atoms with Gasteiger partial charge in [-0.1, -0.05) is 6.92 Å². The fraction of sp³-hybridized carbons (Fsp3) is 0.214. The summed E-state index contributed by atoms with van der Waals surface area (Å²) in [6.07, 6.45) is 2.72. The third kappa shape index (κ3) is 3.68. The molecule has 0 amide bonds. The average molecular weight is 332 g/mol. The number of anilines is 3. The van der Waals surface area contributed by atoms with E-state index in [1.807, 2.05) is 6.07 Å². The standard InChI is InChI=1S/C14H14BrN5/c1-2-6-17-14-18-7-5-13(20-14)19-12-4-3-10(9-16)8-11(12)15/h3-5,7-8H,2,6H2,1H3,(H2,17,18,19,20). The van der Waals surface area contributed by atoms with Gasteiger partial charge in [0.2, 0.25) is 5.95 Å². The van der Waals surface area contributed by atoms with Gasteiger partial charge in [0.1, 0.15) is 5.82 Å². The average Bonchev–Trinajstić information content (AvgIpc) is 2.47. The second-order valence-electron chi connectivity index (χ2n) is 4.12. The molecule has 2 rings (SSSR count). The molecule has 1 aromatic carbocycles. The van der Waals surface area contributed by atoms with Crippen LogP contribution in [0.15, 0.2) is 34.9 Å². The van der Waals surface area contributed by atoms with E-state index in [2.05, 4.69) is 49.5 Å². The molecular formula is C14H14BrN5. The first-order valence-corrected chi connectivity index (χ1v) is 7.06. The summed E-state index contributed by atoms with van der Waals surface area (Å²) in [5, 5.41) is 15.2. The summed E-state index contributed by atoms with van der Waals surface area (Å²) < 4.78 is 0.818. The Labute approximate surface area is 126 Å². The van der Waals surface area contributed by atoms with Crippen molar-refractivity contribution in [2.75, 3.05) is 17.2 Å². The van der Waals surface area contributed by atoms with Gasteiger partial charge < -0.3 is 10.6 Å². The minimum absolute atomic E-state index is 0.599. The Bertz CT molecular complexity index is 636. The molecule has 0 aliphatic rings. The van der Waals surface area contributed by atoms with E-state index >= 15 is 0 Å². The van der Waals surface area contributed by atoms with Gasteiger partial charge in [-0.3, -0.25) is 0 Å². The molecule has 2 N–H and O–H groups in total. The minimum atomic E-state index is 0.599. The molecule has 0 spiro atoms. The molecule has 0 saturated carbocycles. The van der Waals surface area contributed by atoms with Gasteiger partial charge in [-0.15, -0.1) is 0 Å². The van der Waals surface area contributed by atoms with Crippen molar-refractivity contribution in [1.82, 2.24) is 9.97 Å². The molecule has 1 aromatic heterocycles. The molecule has 20 heavy (non-hydrogen) atoms. The van der Waals surface area contributed by atoms with Crippen LogP contribution in [-0.2, 0) is 0 Å². The van der Waals surface area contributed by atoms with Crippen molar-refractivity contribution in [3.05, 3.63) is 40.5 Å². The van der Waals surface area contributed by atoms with E-state index in [4.69, 9.17) is 5.26 Å². The third-order valence-corrected chi connectivity index (χ3v) is 3.21. The van der Waals surface area contributed by atoms with Gasteiger partial charge in [-0.2, -0.15) is 10.2 Å². The number of nitrogens with zero attached hydrogens (tertiary/aromatic N) is 3. The zero-order chi connectivity index (χ0) is 14.4. The molecule has 0 aliphatic heterocycles. The highest BCUT2D eigenvalue weighted by atomic mass is 79.9. The molecule has 0 saturated heterocycles. The van der Waals surface area contributed by atoms with Gasteiger partial charge in [-0.25, -0.2) is 4.98 Å². The van der Waals surface area contributed by atoms with Gasteiger partial charge in [0.25, 0.3) is 0 Å². The number of hydrogen-bond acceptors (Lipinski definition) is 5. The van der Waals surface area contributed by atoms with Crippen LogP contribution in [0, 0.1) is 11.3 Å². The highest BCUT2D eigenvalue weighted by Crippen LogP contribution is 2.26. The van der Waals surface area contributed by atoms with Crippen molar-refractivity contribution >= 4 is 33.4 Å². The number of aromatic nitrogens is 2. The van der Waals surface area contributed by atoms with E-state index in [0.29, 0.717) is 17.3 Å². The molecule has 1 heterocycles. The van der Waals surface area contributed by atoms with Crippen LogP contribution < -0.4 is 10.6 Å². The first-order chi connectivity index (χ1) is 9.72. The summed E-state index contributed by atoms with van der Waals surface area (Å²) >= 11 is 3.43. The maximum absolute atomic E-state index is 8.84. The first-order valence-electron chi connectivity index (χ1n) is 6.26. The summed E-state index contributed by atoms with van der Waals surface area (Å²) in [7, 11) is 0. The lowest BCUT2D eigenvalue weighted by molar-refractivity contribution is 0.953. The van der Waals surface area contributed by atoms with Crippen molar-refractivity contribution < 1.29 is 0 Å². The van der Waals surface area contributed by atoms with Crippen LogP contribution in [0.4, 0.5) is 17.5 Å². The van der Waals surface area contributed by atoms with Gasteiger partial charge in [0, 0.05) is 17.2 Å². The second kappa shape index (κ2) is 6.87. The molecule has 6 heteroatoms. The van der Waals surface area contributed by atoms with E-state index in [1.165, 1.54) is 0 Å². The topological polar surface area (TPSA) is 73.6 Å². The fourth-order valence-electron chi connectivity index (χ4n) is 1.57. The maximum atomic E-state index is 8.84. The van der Waals surface area contributed by atoms with Crippen LogP contribution in [0.25, 0.3) is 0 Å². The van der Waals surface area contributed by atoms with E-state index in [9.17, 15) is 0 Å². The summed E-state index contributed by atoms with van der Waals surface area (Å²) in [5.41, 5.74) is 1.46. The molecule has 102 valence electrons. The lowest BCUT2D eigenvalue weighted by Gasteiger charge is -2.09. The number of nitriles is 1. The number of benzene rings is 1. The summed E-state index contributed by atoms with van der Waals surface area (Å²) in [4.78, 5) is 8.52. The normalized spacial score (nSPS) is 9.85. The third-order valence-electron chi connectivity index (χ3n) is 2.55. The molecule has 0 radical (unpaired) electrons. The van der Waals surface area contributed by atoms with Crippen LogP contribution in [-0.4, -0.2) is 16.5 Å². The fourth-order valence-corrected chi connectivity index (χ4v) is 2.05. The minimum Gasteiger partial charge on any atom is -0.354 e. The van der Waals surface area contributed by atoms with E-state index in [1.54, 1.807) is 24.4 Å². The number of hydrogen-bond donors (Lipinski definition) is 2. The molecule has 0 fully saturated rings. The van der Waals surface area contributed by atoms with Crippen LogP contribution >= 0.6 is 15.9 Å². The molecule has 0 bridgehead atoms. The number of halogens is 1. The second-order valence-corrected chi connectivity index (χ2v) is 4.98. The maximum Gasteiger partial charge on any atom is 0.224 e. The molecular weight excluding hydrogens is 318 g/mol. The van der Waals surface area contributed by atoms with Crippen molar-refractivity contribution in [1.29, 1.82) is 5.26 Å². The lowest BCUT2D eigenvalue weighted by Crippen LogP contribution is -2.05. The van der Waals surface area contributed by atoms with Crippen molar-refractivity contribution in [2.45, 2.75) is 13.3 Å². The molecule has 5 nitrogen and oxygen atoms in total. The Morgan fingerprint density at radius 2 is 2.20 bits per heavy atom. The smallest absolute Gasteiger partial charge is 0.224 e. The van der Waals surface area contributed by atoms with Crippen LogP contribution in [0.3, 0.4) is 0 Å².